The van der Waals surface area contributed by atoms with E-state index < -0.39 is 12.8 Å². The van der Waals surface area contributed by atoms with Gasteiger partial charge >= 0.3 is 6.18 Å². The fourth-order valence-corrected chi connectivity index (χ4v) is 2.10. The van der Waals surface area contributed by atoms with E-state index in [0.29, 0.717) is 6.54 Å². The van der Waals surface area contributed by atoms with E-state index in [2.05, 4.69) is 15.0 Å². The molecule has 1 aromatic heterocycles. The Labute approximate surface area is 103 Å². The van der Waals surface area contributed by atoms with Crippen LogP contribution in [0, 0.1) is 0 Å². The van der Waals surface area contributed by atoms with Gasteiger partial charge < -0.3 is 10.1 Å². The first kappa shape index (κ1) is 13.3. The predicted molar refractivity (Wildman–Crippen MR) is 60.2 cm³/mol. The summed E-state index contributed by atoms with van der Waals surface area (Å²) >= 11 is 0. The van der Waals surface area contributed by atoms with Crippen LogP contribution in [0.2, 0.25) is 0 Å². The van der Waals surface area contributed by atoms with Crippen LogP contribution in [0.1, 0.15) is 23.7 Å². The third-order valence-corrected chi connectivity index (χ3v) is 2.86. The molecule has 0 aromatic carbocycles. The van der Waals surface area contributed by atoms with E-state index in [1.54, 1.807) is 6.20 Å². The Kier molecular flexibility index (Phi) is 4.19. The van der Waals surface area contributed by atoms with Crippen molar-refractivity contribution >= 4 is 0 Å². The minimum atomic E-state index is -4.25. The number of pyridine rings is 1. The second-order valence-corrected chi connectivity index (χ2v) is 4.26. The maximum absolute atomic E-state index is 11.8. The van der Waals surface area contributed by atoms with Crippen LogP contribution in [0.15, 0.2) is 18.3 Å². The van der Waals surface area contributed by atoms with Crippen molar-refractivity contribution in [3.05, 3.63) is 29.6 Å². The molecule has 0 amide bonds. The van der Waals surface area contributed by atoms with Gasteiger partial charge in [0.25, 0.3) is 0 Å². The maximum atomic E-state index is 11.8. The van der Waals surface area contributed by atoms with Crippen LogP contribution >= 0.6 is 0 Å². The van der Waals surface area contributed by atoms with Gasteiger partial charge in [-0.25, -0.2) is 0 Å². The first-order valence-corrected chi connectivity index (χ1v) is 5.88. The largest absolute Gasteiger partial charge is 0.411 e. The lowest BCUT2D eigenvalue weighted by Crippen LogP contribution is -2.26. The van der Waals surface area contributed by atoms with Gasteiger partial charge in [-0.15, -0.1) is 0 Å². The number of rotatable bonds is 5. The highest BCUT2D eigenvalue weighted by Gasteiger charge is 2.27. The van der Waals surface area contributed by atoms with Crippen molar-refractivity contribution in [1.82, 2.24) is 10.3 Å². The molecule has 1 aromatic rings. The molecule has 18 heavy (non-hydrogen) atoms. The van der Waals surface area contributed by atoms with Gasteiger partial charge in [0, 0.05) is 12.7 Å². The molecule has 0 saturated carbocycles. The quantitative estimate of drug-likeness (QED) is 0.824. The van der Waals surface area contributed by atoms with Crippen LogP contribution < -0.4 is 5.32 Å². The van der Waals surface area contributed by atoms with Crippen molar-refractivity contribution in [3.63, 3.8) is 0 Å². The zero-order valence-corrected chi connectivity index (χ0v) is 9.83. The monoisotopic (exact) mass is 260 g/mol. The SMILES string of the molecule is FC(F)(F)COCCNC1CCc2cccnc21. The highest BCUT2D eigenvalue weighted by molar-refractivity contribution is 5.27. The topological polar surface area (TPSA) is 34.1 Å². The lowest BCUT2D eigenvalue weighted by molar-refractivity contribution is -0.173. The third kappa shape index (κ3) is 3.68. The van der Waals surface area contributed by atoms with Crippen molar-refractivity contribution in [2.24, 2.45) is 0 Å². The molecule has 3 nitrogen and oxygen atoms in total. The van der Waals surface area contributed by atoms with Crippen LogP contribution in [0.25, 0.3) is 0 Å². The molecule has 1 atom stereocenters. The normalized spacial score (nSPS) is 18.9. The van der Waals surface area contributed by atoms with Gasteiger partial charge in [-0.2, -0.15) is 13.2 Å². The van der Waals surface area contributed by atoms with E-state index in [1.807, 2.05) is 12.1 Å². The fourth-order valence-electron chi connectivity index (χ4n) is 2.10. The summed E-state index contributed by atoms with van der Waals surface area (Å²) in [4.78, 5) is 4.30. The molecule has 0 aliphatic heterocycles. The summed E-state index contributed by atoms with van der Waals surface area (Å²) < 4.78 is 40.0. The second kappa shape index (κ2) is 5.67. The van der Waals surface area contributed by atoms with Crippen molar-refractivity contribution in [2.45, 2.75) is 25.1 Å². The number of hydrogen-bond acceptors (Lipinski definition) is 3. The number of nitrogens with zero attached hydrogens (tertiary/aromatic N) is 1. The average Bonchev–Trinajstić information content (AvgIpc) is 2.71. The van der Waals surface area contributed by atoms with Gasteiger partial charge in [0.15, 0.2) is 0 Å². The Hall–Kier alpha value is -1.14. The molecule has 0 radical (unpaired) electrons. The molecule has 1 N–H and O–H groups in total. The number of halogens is 3. The third-order valence-electron chi connectivity index (χ3n) is 2.86. The zero-order chi connectivity index (χ0) is 13.0. The highest BCUT2D eigenvalue weighted by atomic mass is 19.4. The van der Waals surface area contributed by atoms with Crippen LogP contribution in [0.4, 0.5) is 13.2 Å². The van der Waals surface area contributed by atoms with E-state index >= 15 is 0 Å². The summed E-state index contributed by atoms with van der Waals surface area (Å²) in [6, 6.07) is 4.06. The molecular weight excluding hydrogens is 245 g/mol. The Bertz CT molecular complexity index is 395. The molecule has 1 unspecified atom stereocenters. The van der Waals surface area contributed by atoms with Gasteiger partial charge in [0.05, 0.1) is 18.3 Å². The van der Waals surface area contributed by atoms with Crippen LogP contribution in [0.3, 0.4) is 0 Å². The Morgan fingerprint density at radius 3 is 3.06 bits per heavy atom. The first-order valence-electron chi connectivity index (χ1n) is 5.88. The number of aryl methyl sites for hydroxylation is 1. The first-order chi connectivity index (χ1) is 8.56. The molecule has 0 saturated heterocycles. The Balaban J connectivity index is 1.70. The number of alkyl halides is 3. The molecule has 0 fully saturated rings. The lowest BCUT2D eigenvalue weighted by atomic mass is 10.2. The van der Waals surface area contributed by atoms with Crippen molar-refractivity contribution in [2.75, 3.05) is 19.8 Å². The molecule has 1 aliphatic rings. The molecule has 6 heteroatoms. The number of fused-ring (bicyclic) bond motifs is 1. The van der Waals surface area contributed by atoms with E-state index in [9.17, 15) is 13.2 Å². The lowest BCUT2D eigenvalue weighted by Gasteiger charge is -2.13. The number of nitrogens with one attached hydrogen (secondary N) is 1. The minimum Gasteiger partial charge on any atom is -0.371 e. The minimum absolute atomic E-state index is 0.0537. The number of ether oxygens (including phenoxy) is 1. The summed E-state index contributed by atoms with van der Waals surface area (Å²) in [6.07, 6.45) is -0.615. The molecule has 0 bridgehead atoms. The van der Waals surface area contributed by atoms with E-state index in [4.69, 9.17) is 0 Å². The van der Waals surface area contributed by atoms with Crippen LogP contribution in [-0.2, 0) is 11.2 Å². The number of hydrogen-bond donors (Lipinski definition) is 1. The van der Waals surface area contributed by atoms with E-state index in [0.717, 1.165) is 18.5 Å². The van der Waals surface area contributed by atoms with Crippen molar-refractivity contribution in [1.29, 1.82) is 0 Å². The summed E-state index contributed by atoms with van der Waals surface area (Å²) in [5.41, 5.74) is 2.22. The molecule has 1 heterocycles. The molecule has 2 rings (SSSR count). The summed E-state index contributed by atoms with van der Waals surface area (Å²) in [5.74, 6) is 0. The van der Waals surface area contributed by atoms with Crippen molar-refractivity contribution < 1.29 is 17.9 Å². The Morgan fingerprint density at radius 2 is 2.28 bits per heavy atom. The second-order valence-electron chi connectivity index (χ2n) is 4.26. The summed E-state index contributed by atoms with van der Waals surface area (Å²) in [7, 11) is 0. The highest BCUT2D eigenvalue weighted by Crippen LogP contribution is 2.28. The maximum Gasteiger partial charge on any atom is 0.411 e. The van der Waals surface area contributed by atoms with Gasteiger partial charge in [0.1, 0.15) is 6.61 Å². The Morgan fingerprint density at radius 1 is 1.44 bits per heavy atom. The smallest absolute Gasteiger partial charge is 0.371 e. The zero-order valence-electron chi connectivity index (χ0n) is 9.83. The van der Waals surface area contributed by atoms with Gasteiger partial charge in [-0.1, -0.05) is 6.07 Å². The van der Waals surface area contributed by atoms with Crippen molar-refractivity contribution in [3.8, 4) is 0 Å². The van der Waals surface area contributed by atoms with Gasteiger partial charge in [-0.05, 0) is 24.5 Å². The molecule has 0 spiro atoms. The molecular formula is C12H15F3N2O. The van der Waals surface area contributed by atoms with Gasteiger partial charge in [-0.3, -0.25) is 4.98 Å². The van der Waals surface area contributed by atoms with Gasteiger partial charge in [0.2, 0.25) is 0 Å². The van der Waals surface area contributed by atoms with E-state index in [1.165, 1.54) is 5.56 Å². The van der Waals surface area contributed by atoms with E-state index in [-0.39, 0.29) is 12.6 Å². The molecule has 1 aliphatic carbocycles. The number of aromatic nitrogens is 1. The average molecular weight is 260 g/mol. The van der Waals surface area contributed by atoms with Crippen LogP contribution in [0.5, 0.6) is 0 Å². The fraction of sp³-hybridized carbons (Fsp3) is 0.583. The standard InChI is InChI=1S/C12H15F3N2O/c13-12(14,15)8-18-7-6-16-10-4-3-9-2-1-5-17-11(9)10/h1-2,5,10,16H,3-4,6-8H2. The summed E-state index contributed by atoms with van der Waals surface area (Å²) in [6.45, 7) is -0.733. The predicted octanol–water partition coefficient (Wildman–Crippen LogP) is 2.24. The molecule has 100 valence electrons. The summed E-state index contributed by atoms with van der Waals surface area (Å²) in [5, 5.41) is 3.17. The van der Waals surface area contributed by atoms with Crippen LogP contribution in [-0.4, -0.2) is 30.9 Å².